The second kappa shape index (κ2) is 4.60. The van der Waals surface area contributed by atoms with Gasteiger partial charge in [0.1, 0.15) is 11.5 Å². The van der Waals surface area contributed by atoms with Crippen molar-refractivity contribution in [3.05, 3.63) is 23.9 Å². The maximum atomic E-state index is 10.8. The van der Waals surface area contributed by atoms with Gasteiger partial charge in [-0.25, -0.2) is 4.98 Å². The Kier molecular flexibility index (Phi) is 3.45. The monoisotopic (exact) mass is 193 g/mol. The molecule has 0 saturated heterocycles. The first-order chi connectivity index (χ1) is 6.63. The highest BCUT2D eigenvalue weighted by molar-refractivity contribution is 5.91. The molecule has 76 valence electrons. The minimum Gasteiger partial charge on any atom is -0.368 e. The number of aromatic nitrogens is 1. The van der Waals surface area contributed by atoms with Crippen LogP contribution in [-0.2, 0) is 0 Å². The summed E-state index contributed by atoms with van der Waals surface area (Å²) in [4.78, 5) is 14.9. The van der Waals surface area contributed by atoms with Crippen molar-refractivity contribution >= 4 is 11.7 Å². The van der Waals surface area contributed by atoms with Gasteiger partial charge in [0.25, 0.3) is 5.91 Å². The fourth-order valence-corrected chi connectivity index (χ4v) is 1.01. The predicted octanol–water partition coefficient (Wildman–Crippen LogP) is 1.39. The van der Waals surface area contributed by atoms with Gasteiger partial charge in [-0.2, -0.15) is 0 Å². The number of pyridine rings is 1. The summed E-state index contributed by atoms with van der Waals surface area (Å²) in [6.07, 6.45) is 1.00. The van der Waals surface area contributed by atoms with Gasteiger partial charge in [-0.05, 0) is 25.5 Å². The first-order valence-electron chi connectivity index (χ1n) is 4.67. The third kappa shape index (κ3) is 2.73. The molecule has 0 aromatic carbocycles. The second-order valence-corrected chi connectivity index (χ2v) is 3.23. The van der Waals surface area contributed by atoms with E-state index in [1.165, 1.54) is 0 Å². The fraction of sp³-hybridized carbons (Fsp3) is 0.400. The van der Waals surface area contributed by atoms with Crippen LogP contribution in [0.5, 0.6) is 0 Å². The quantitative estimate of drug-likeness (QED) is 0.759. The average molecular weight is 193 g/mol. The van der Waals surface area contributed by atoms with E-state index in [1.54, 1.807) is 12.1 Å². The molecule has 1 heterocycles. The van der Waals surface area contributed by atoms with Gasteiger partial charge in [0.15, 0.2) is 0 Å². The van der Waals surface area contributed by atoms with Crippen molar-refractivity contribution in [3.63, 3.8) is 0 Å². The van der Waals surface area contributed by atoms with Gasteiger partial charge in [-0.3, -0.25) is 4.79 Å². The Labute approximate surface area is 83.5 Å². The smallest absolute Gasteiger partial charge is 0.267 e. The summed E-state index contributed by atoms with van der Waals surface area (Å²) in [5.74, 6) is 0.188. The van der Waals surface area contributed by atoms with Gasteiger partial charge in [-0.15, -0.1) is 0 Å². The Morgan fingerprint density at radius 3 is 2.93 bits per heavy atom. The molecule has 0 aliphatic heterocycles. The highest BCUT2D eigenvalue weighted by atomic mass is 16.1. The molecule has 1 aromatic rings. The van der Waals surface area contributed by atoms with Gasteiger partial charge < -0.3 is 11.1 Å². The number of hydrogen-bond acceptors (Lipinski definition) is 3. The molecule has 4 heteroatoms. The molecule has 14 heavy (non-hydrogen) atoms. The van der Waals surface area contributed by atoms with E-state index in [9.17, 15) is 4.79 Å². The molecule has 0 fully saturated rings. The van der Waals surface area contributed by atoms with Gasteiger partial charge in [-0.1, -0.05) is 13.0 Å². The van der Waals surface area contributed by atoms with Gasteiger partial charge in [0.05, 0.1) is 0 Å². The molecule has 0 unspecified atom stereocenters. The lowest BCUT2D eigenvalue weighted by atomic mass is 10.2. The van der Waals surface area contributed by atoms with Crippen LogP contribution in [0.15, 0.2) is 18.2 Å². The van der Waals surface area contributed by atoms with E-state index in [1.807, 2.05) is 6.07 Å². The number of nitrogens with one attached hydrogen (secondary N) is 1. The highest BCUT2D eigenvalue weighted by Gasteiger charge is 2.04. The van der Waals surface area contributed by atoms with Crippen molar-refractivity contribution in [1.82, 2.24) is 4.98 Å². The Balaban J connectivity index is 2.78. The summed E-state index contributed by atoms with van der Waals surface area (Å²) in [6.45, 7) is 4.13. The number of hydrogen-bond donors (Lipinski definition) is 2. The molecule has 0 spiro atoms. The number of rotatable bonds is 4. The van der Waals surface area contributed by atoms with Crippen LogP contribution < -0.4 is 11.1 Å². The molecule has 0 saturated carbocycles. The number of primary amides is 1. The summed E-state index contributed by atoms with van der Waals surface area (Å²) in [6, 6.07) is 5.52. The van der Waals surface area contributed by atoms with Crippen LogP contribution in [0.4, 0.5) is 5.82 Å². The molecule has 3 N–H and O–H groups in total. The van der Waals surface area contributed by atoms with Crippen molar-refractivity contribution < 1.29 is 4.79 Å². The predicted molar refractivity (Wildman–Crippen MR) is 56.1 cm³/mol. The fourth-order valence-electron chi connectivity index (χ4n) is 1.01. The Hall–Kier alpha value is -1.58. The molecule has 1 atom stereocenters. The summed E-state index contributed by atoms with van der Waals surface area (Å²) in [7, 11) is 0. The lowest BCUT2D eigenvalue weighted by Crippen LogP contribution is -2.17. The molecular weight excluding hydrogens is 178 g/mol. The van der Waals surface area contributed by atoms with E-state index in [0.29, 0.717) is 17.6 Å². The maximum Gasteiger partial charge on any atom is 0.267 e. The SMILES string of the molecule is CC[C@H](C)Nc1cccc(C(N)=O)n1. The number of nitrogens with two attached hydrogens (primary N) is 1. The molecule has 1 aromatic heterocycles. The molecular formula is C10H15N3O. The zero-order valence-corrected chi connectivity index (χ0v) is 8.45. The zero-order valence-electron chi connectivity index (χ0n) is 8.45. The number of nitrogens with zero attached hydrogens (tertiary/aromatic N) is 1. The molecule has 4 nitrogen and oxygen atoms in total. The second-order valence-electron chi connectivity index (χ2n) is 3.23. The molecule has 0 aliphatic carbocycles. The van der Waals surface area contributed by atoms with Crippen LogP contribution in [0.1, 0.15) is 30.8 Å². The standard InChI is InChI=1S/C10H15N3O/c1-3-7(2)12-9-6-4-5-8(13-9)10(11)14/h4-7H,3H2,1-2H3,(H2,11,14)(H,12,13)/t7-/m0/s1. The number of carbonyl (C=O) groups excluding carboxylic acids is 1. The summed E-state index contributed by atoms with van der Waals surface area (Å²) in [5.41, 5.74) is 5.41. The van der Waals surface area contributed by atoms with Crippen molar-refractivity contribution in [2.24, 2.45) is 5.73 Å². The molecule has 0 bridgehead atoms. The summed E-state index contributed by atoms with van der Waals surface area (Å²) in [5, 5.41) is 3.17. The van der Waals surface area contributed by atoms with Crippen LogP contribution >= 0.6 is 0 Å². The van der Waals surface area contributed by atoms with E-state index in [0.717, 1.165) is 6.42 Å². The largest absolute Gasteiger partial charge is 0.368 e. The summed E-state index contributed by atoms with van der Waals surface area (Å²) >= 11 is 0. The zero-order chi connectivity index (χ0) is 10.6. The van der Waals surface area contributed by atoms with Crippen LogP contribution in [-0.4, -0.2) is 16.9 Å². The van der Waals surface area contributed by atoms with E-state index in [4.69, 9.17) is 5.73 Å². The third-order valence-corrected chi connectivity index (χ3v) is 2.01. The minimum atomic E-state index is -0.502. The number of anilines is 1. The van der Waals surface area contributed by atoms with Crippen molar-refractivity contribution in [2.45, 2.75) is 26.3 Å². The Morgan fingerprint density at radius 1 is 1.64 bits per heavy atom. The molecule has 0 radical (unpaired) electrons. The number of amides is 1. The van der Waals surface area contributed by atoms with Crippen LogP contribution in [0.25, 0.3) is 0 Å². The van der Waals surface area contributed by atoms with Crippen LogP contribution in [0, 0.1) is 0 Å². The highest BCUT2D eigenvalue weighted by Crippen LogP contribution is 2.07. The van der Waals surface area contributed by atoms with E-state index < -0.39 is 5.91 Å². The van der Waals surface area contributed by atoms with E-state index >= 15 is 0 Å². The van der Waals surface area contributed by atoms with Crippen molar-refractivity contribution in [2.75, 3.05) is 5.32 Å². The third-order valence-electron chi connectivity index (χ3n) is 2.01. The Morgan fingerprint density at radius 2 is 2.36 bits per heavy atom. The number of carbonyl (C=O) groups is 1. The first-order valence-corrected chi connectivity index (χ1v) is 4.67. The van der Waals surface area contributed by atoms with Crippen LogP contribution in [0.2, 0.25) is 0 Å². The topological polar surface area (TPSA) is 68.0 Å². The summed E-state index contributed by atoms with van der Waals surface area (Å²) < 4.78 is 0. The normalized spacial score (nSPS) is 12.1. The van der Waals surface area contributed by atoms with Crippen molar-refractivity contribution in [3.8, 4) is 0 Å². The average Bonchev–Trinajstić information content (AvgIpc) is 2.18. The van der Waals surface area contributed by atoms with Crippen LogP contribution in [0.3, 0.4) is 0 Å². The maximum absolute atomic E-state index is 10.8. The molecule has 1 amide bonds. The molecule has 0 aliphatic rings. The lowest BCUT2D eigenvalue weighted by molar-refractivity contribution is 0.0995. The minimum absolute atomic E-state index is 0.290. The van der Waals surface area contributed by atoms with Gasteiger partial charge in [0, 0.05) is 6.04 Å². The van der Waals surface area contributed by atoms with E-state index in [2.05, 4.69) is 24.1 Å². The lowest BCUT2D eigenvalue weighted by Gasteiger charge is -2.11. The first kappa shape index (κ1) is 10.5. The van der Waals surface area contributed by atoms with Gasteiger partial charge in [0.2, 0.25) is 0 Å². The van der Waals surface area contributed by atoms with Crippen molar-refractivity contribution in [1.29, 1.82) is 0 Å². The Bertz CT molecular complexity index is 325. The van der Waals surface area contributed by atoms with E-state index in [-0.39, 0.29) is 0 Å². The molecule has 1 rings (SSSR count). The van der Waals surface area contributed by atoms with Gasteiger partial charge >= 0.3 is 0 Å².